The van der Waals surface area contributed by atoms with Crippen molar-refractivity contribution in [2.75, 3.05) is 19.0 Å². The van der Waals surface area contributed by atoms with E-state index in [1.807, 2.05) is 0 Å². The van der Waals surface area contributed by atoms with Gasteiger partial charge in [-0.05, 0) is 24.5 Å². The van der Waals surface area contributed by atoms with Crippen molar-refractivity contribution in [3.63, 3.8) is 0 Å². The van der Waals surface area contributed by atoms with Gasteiger partial charge in [0.2, 0.25) is 0 Å². The molecule has 1 aromatic carbocycles. The van der Waals surface area contributed by atoms with Crippen molar-refractivity contribution in [2.45, 2.75) is 25.3 Å². The van der Waals surface area contributed by atoms with Crippen LogP contribution in [0.2, 0.25) is 0 Å². The number of para-hydroxylation sites is 1. The van der Waals surface area contributed by atoms with Gasteiger partial charge in [0.1, 0.15) is 0 Å². The molecular weight excluding hydrogens is 174 g/mol. The van der Waals surface area contributed by atoms with Crippen molar-refractivity contribution in [1.29, 1.82) is 0 Å². The highest BCUT2D eigenvalue weighted by Gasteiger charge is 2.34. The van der Waals surface area contributed by atoms with Gasteiger partial charge in [0.15, 0.2) is 0 Å². The van der Waals surface area contributed by atoms with Gasteiger partial charge >= 0.3 is 0 Å². The van der Waals surface area contributed by atoms with Crippen LogP contribution in [0, 0.1) is 0 Å². The van der Waals surface area contributed by atoms with Gasteiger partial charge in [0.05, 0.1) is 12.1 Å². The van der Waals surface area contributed by atoms with Gasteiger partial charge in [-0.3, -0.25) is 0 Å². The maximum absolute atomic E-state index is 5.29. The summed E-state index contributed by atoms with van der Waals surface area (Å²) in [5.74, 6) is 0. The number of anilines is 1. The number of fused-ring (bicyclic) bond motifs is 1. The maximum Gasteiger partial charge on any atom is 0.0695 e. The molecule has 0 amide bonds. The lowest BCUT2D eigenvalue weighted by Crippen LogP contribution is -2.40. The molecule has 1 aromatic rings. The van der Waals surface area contributed by atoms with Crippen molar-refractivity contribution in [3.05, 3.63) is 29.8 Å². The van der Waals surface area contributed by atoms with Gasteiger partial charge in [0.25, 0.3) is 0 Å². The second-order valence-corrected chi connectivity index (χ2v) is 4.03. The Morgan fingerprint density at radius 2 is 2.21 bits per heavy atom. The highest BCUT2D eigenvalue weighted by Crippen LogP contribution is 2.34. The first-order chi connectivity index (χ1) is 6.79. The molecular formula is C12H17NO. The monoisotopic (exact) mass is 191 g/mol. The molecule has 1 atom stereocenters. The van der Waals surface area contributed by atoms with Gasteiger partial charge in [-0.2, -0.15) is 0 Å². The number of hydrogen-bond donors (Lipinski definition) is 1. The average molecular weight is 191 g/mol. The van der Waals surface area contributed by atoms with Gasteiger partial charge in [-0.1, -0.05) is 25.1 Å². The molecule has 0 saturated carbocycles. The lowest BCUT2D eigenvalue weighted by atomic mass is 9.93. The summed E-state index contributed by atoms with van der Waals surface area (Å²) in [5.41, 5.74) is 2.80. The van der Waals surface area contributed by atoms with Gasteiger partial charge in [-0.25, -0.2) is 0 Å². The van der Waals surface area contributed by atoms with Crippen molar-refractivity contribution in [2.24, 2.45) is 0 Å². The van der Waals surface area contributed by atoms with Crippen LogP contribution in [0.15, 0.2) is 24.3 Å². The number of rotatable bonds is 3. The van der Waals surface area contributed by atoms with E-state index in [-0.39, 0.29) is 5.54 Å². The van der Waals surface area contributed by atoms with Crippen LogP contribution in [0.3, 0.4) is 0 Å². The first-order valence-corrected chi connectivity index (χ1v) is 5.15. The molecule has 0 aromatic heterocycles. The Balaban J connectivity index is 2.23. The average Bonchev–Trinajstić information content (AvgIpc) is 2.57. The number of methoxy groups -OCH3 is 1. The number of ether oxygens (including phenoxy) is 1. The van der Waals surface area contributed by atoms with Crippen LogP contribution in [0.4, 0.5) is 5.69 Å². The molecule has 0 aliphatic carbocycles. The minimum atomic E-state index is 0.123. The van der Waals surface area contributed by atoms with E-state index in [4.69, 9.17) is 4.74 Å². The lowest BCUT2D eigenvalue weighted by Gasteiger charge is -2.27. The standard InChI is InChI=1S/C12H17NO/c1-3-12(9-14-2)8-10-6-4-5-7-11(10)13-12/h4-7,13H,3,8-9H2,1-2H3. The summed E-state index contributed by atoms with van der Waals surface area (Å²) in [7, 11) is 1.77. The van der Waals surface area contributed by atoms with Crippen molar-refractivity contribution in [3.8, 4) is 0 Å². The van der Waals surface area contributed by atoms with Crippen LogP contribution < -0.4 is 5.32 Å². The fourth-order valence-electron chi connectivity index (χ4n) is 2.17. The topological polar surface area (TPSA) is 21.3 Å². The molecule has 0 radical (unpaired) electrons. The number of hydrogen-bond acceptors (Lipinski definition) is 2. The van der Waals surface area contributed by atoms with Gasteiger partial charge < -0.3 is 10.1 Å². The normalized spacial score (nSPS) is 24.4. The van der Waals surface area contributed by atoms with E-state index < -0.39 is 0 Å². The van der Waals surface area contributed by atoms with E-state index >= 15 is 0 Å². The predicted molar refractivity (Wildman–Crippen MR) is 58.7 cm³/mol. The minimum absolute atomic E-state index is 0.123. The molecule has 76 valence electrons. The Kier molecular flexibility index (Phi) is 2.46. The molecule has 1 N–H and O–H groups in total. The summed E-state index contributed by atoms with van der Waals surface area (Å²) < 4.78 is 5.29. The fraction of sp³-hybridized carbons (Fsp3) is 0.500. The zero-order chi connectivity index (χ0) is 10.0. The second-order valence-electron chi connectivity index (χ2n) is 4.03. The molecule has 1 aliphatic rings. The number of benzene rings is 1. The van der Waals surface area contributed by atoms with Crippen LogP contribution in [0.5, 0.6) is 0 Å². The SMILES string of the molecule is CCC1(COC)Cc2ccccc2N1. The lowest BCUT2D eigenvalue weighted by molar-refractivity contribution is 0.143. The third-order valence-corrected chi connectivity index (χ3v) is 3.04. The smallest absolute Gasteiger partial charge is 0.0695 e. The Bertz CT molecular complexity index is 297. The van der Waals surface area contributed by atoms with Crippen molar-refractivity contribution < 1.29 is 4.74 Å². The molecule has 14 heavy (non-hydrogen) atoms. The highest BCUT2D eigenvalue weighted by molar-refractivity contribution is 5.58. The Morgan fingerprint density at radius 3 is 2.86 bits per heavy atom. The quantitative estimate of drug-likeness (QED) is 0.792. The third kappa shape index (κ3) is 1.50. The Labute approximate surface area is 85.3 Å². The summed E-state index contributed by atoms with van der Waals surface area (Å²) in [4.78, 5) is 0. The van der Waals surface area contributed by atoms with Crippen LogP contribution in [-0.2, 0) is 11.2 Å². The van der Waals surface area contributed by atoms with Crippen LogP contribution in [0.25, 0.3) is 0 Å². The largest absolute Gasteiger partial charge is 0.382 e. The van der Waals surface area contributed by atoms with E-state index in [0.717, 1.165) is 19.4 Å². The molecule has 1 aliphatic heterocycles. The highest BCUT2D eigenvalue weighted by atomic mass is 16.5. The van der Waals surface area contributed by atoms with E-state index in [9.17, 15) is 0 Å². The van der Waals surface area contributed by atoms with Crippen LogP contribution in [0.1, 0.15) is 18.9 Å². The third-order valence-electron chi connectivity index (χ3n) is 3.04. The molecule has 1 heterocycles. The van der Waals surface area contributed by atoms with Gasteiger partial charge in [-0.15, -0.1) is 0 Å². The first kappa shape index (κ1) is 9.53. The van der Waals surface area contributed by atoms with E-state index in [2.05, 4.69) is 36.5 Å². The van der Waals surface area contributed by atoms with Gasteiger partial charge in [0, 0.05) is 12.8 Å². The molecule has 1 unspecified atom stereocenters. The van der Waals surface area contributed by atoms with Crippen LogP contribution >= 0.6 is 0 Å². The van der Waals surface area contributed by atoms with E-state index in [1.54, 1.807) is 7.11 Å². The summed E-state index contributed by atoms with van der Waals surface area (Å²) in [6.07, 6.45) is 2.17. The van der Waals surface area contributed by atoms with Crippen molar-refractivity contribution >= 4 is 5.69 Å². The van der Waals surface area contributed by atoms with Crippen molar-refractivity contribution in [1.82, 2.24) is 0 Å². The summed E-state index contributed by atoms with van der Waals surface area (Å²) in [6, 6.07) is 8.50. The summed E-state index contributed by atoms with van der Waals surface area (Å²) in [5, 5.41) is 3.57. The molecule has 0 saturated heterocycles. The molecule has 0 fully saturated rings. The number of nitrogens with one attached hydrogen (secondary N) is 1. The molecule has 0 spiro atoms. The maximum atomic E-state index is 5.29. The summed E-state index contributed by atoms with van der Waals surface area (Å²) in [6.45, 7) is 2.98. The molecule has 2 heteroatoms. The summed E-state index contributed by atoms with van der Waals surface area (Å²) >= 11 is 0. The second kappa shape index (κ2) is 3.62. The van der Waals surface area contributed by atoms with E-state index in [0.29, 0.717) is 0 Å². The minimum Gasteiger partial charge on any atom is -0.382 e. The predicted octanol–water partition coefficient (Wildman–Crippen LogP) is 2.45. The van der Waals surface area contributed by atoms with E-state index in [1.165, 1.54) is 11.3 Å². The molecule has 2 nitrogen and oxygen atoms in total. The molecule has 2 rings (SSSR count). The molecule has 0 bridgehead atoms. The zero-order valence-electron chi connectivity index (χ0n) is 8.84. The Morgan fingerprint density at radius 1 is 1.43 bits per heavy atom. The fourth-order valence-corrected chi connectivity index (χ4v) is 2.17. The van der Waals surface area contributed by atoms with Crippen LogP contribution in [-0.4, -0.2) is 19.3 Å². The zero-order valence-corrected chi connectivity index (χ0v) is 8.84. The Hall–Kier alpha value is -1.02. The first-order valence-electron chi connectivity index (χ1n) is 5.15.